The zero-order chi connectivity index (χ0) is 17.6. The molecule has 1 atom stereocenters. The molecule has 0 saturated carbocycles. The van der Waals surface area contributed by atoms with Crippen LogP contribution in [0.2, 0.25) is 10.0 Å². The van der Waals surface area contributed by atoms with Gasteiger partial charge in [0.2, 0.25) is 5.91 Å². The van der Waals surface area contributed by atoms with Crippen LogP contribution in [-0.2, 0) is 4.79 Å². The second-order valence-electron chi connectivity index (χ2n) is 5.34. The maximum absolute atomic E-state index is 12.9. The number of benzene rings is 3. The second kappa shape index (κ2) is 8.43. The summed E-state index contributed by atoms with van der Waals surface area (Å²) in [4.78, 5) is 14.0. The Morgan fingerprint density at radius 3 is 2.20 bits per heavy atom. The molecule has 0 unspecified atom stereocenters. The van der Waals surface area contributed by atoms with Gasteiger partial charge in [0.25, 0.3) is 0 Å². The van der Waals surface area contributed by atoms with Crippen LogP contribution in [0.4, 0.5) is 5.69 Å². The highest BCUT2D eigenvalue weighted by Gasteiger charge is 2.22. The van der Waals surface area contributed by atoms with E-state index < -0.39 is 5.25 Å². The fourth-order valence-electron chi connectivity index (χ4n) is 2.33. The van der Waals surface area contributed by atoms with E-state index in [1.54, 1.807) is 18.2 Å². The number of nitrogens with one attached hydrogen (secondary N) is 1. The lowest BCUT2D eigenvalue weighted by molar-refractivity contribution is -0.115. The Morgan fingerprint density at radius 2 is 1.52 bits per heavy atom. The van der Waals surface area contributed by atoms with E-state index in [1.807, 2.05) is 60.7 Å². The molecule has 0 saturated heterocycles. The van der Waals surface area contributed by atoms with Gasteiger partial charge in [0.05, 0.1) is 10.7 Å². The smallest absolute Gasteiger partial charge is 0.242 e. The highest BCUT2D eigenvalue weighted by Crippen LogP contribution is 2.37. The molecule has 0 aromatic heterocycles. The van der Waals surface area contributed by atoms with Crippen LogP contribution < -0.4 is 5.32 Å². The van der Waals surface area contributed by atoms with Crippen molar-refractivity contribution in [3.05, 3.63) is 94.5 Å². The van der Waals surface area contributed by atoms with E-state index in [1.165, 1.54) is 11.8 Å². The van der Waals surface area contributed by atoms with Gasteiger partial charge in [-0.25, -0.2) is 0 Å². The van der Waals surface area contributed by atoms with Crippen LogP contribution >= 0.6 is 35.0 Å². The molecule has 0 spiro atoms. The van der Waals surface area contributed by atoms with Crippen LogP contribution in [0.3, 0.4) is 0 Å². The predicted octanol–water partition coefficient (Wildman–Crippen LogP) is 6.47. The van der Waals surface area contributed by atoms with Gasteiger partial charge in [-0.15, -0.1) is 11.8 Å². The Hall–Kier alpha value is -1.94. The first-order valence-electron chi connectivity index (χ1n) is 7.66. The Labute approximate surface area is 161 Å². The summed E-state index contributed by atoms with van der Waals surface area (Å²) in [6.45, 7) is 0. The first kappa shape index (κ1) is 17.9. The largest absolute Gasteiger partial charge is 0.323 e. The summed E-state index contributed by atoms with van der Waals surface area (Å²) in [5.74, 6) is -0.149. The van der Waals surface area contributed by atoms with Crippen LogP contribution in [0.15, 0.2) is 83.8 Å². The van der Waals surface area contributed by atoms with Gasteiger partial charge >= 0.3 is 0 Å². The first-order chi connectivity index (χ1) is 12.1. The standard InChI is InChI=1S/C20H15Cl2NOS/c21-15-11-12-17(22)18(13-15)23-20(24)19(14-7-3-1-4-8-14)25-16-9-5-2-6-10-16/h1-13,19H,(H,23,24)/t19-/m1/s1. The monoisotopic (exact) mass is 387 g/mol. The number of thioether (sulfide) groups is 1. The third-order valence-corrected chi connectivity index (χ3v) is 5.35. The number of halogens is 2. The highest BCUT2D eigenvalue weighted by molar-refractivity contribution is 8.00. The summed E-state index contributed by atoms with van der Waals surface area (Å²) in [5.41, 5.74) is 1.43. The van der Waals surface area contributed by atoms with Gasteiger partial charge < -0.3 is 5.32 Å². The molecule has 0 radical (unpaired) electrons. The summed E-state index contributed by atoms with van der Waals surface area (Å²) in [7, 11) is 0. The molecular weight excluding hydrogens is 373 g/mol. The average molecular weight is 388 g/mol. The SMILES string of the molecule is O=C(Nc1cc(Cl)ccc1Cl)[C@H](Sc1ccccc1)c1ccccc1. The van der Waals surface area contributed by atoms with Crippen LogP contribution in [0, 0.1) is 0 Å². The van der Waals surface area contributed by atoms with Gasteiger partial charge in [-0.1, -0.05) is 71.7 Å². The predicted molar refractivity (Wildman–Crippen MR) is 107 cm³/mol. The van der Waals surface area contributed by atoms with Crippen LogP contribution in [0.25, 0.3) is 0 Å². The molecule has 25 heavy (non-hydrogen) atoms. The number of anilines is 1. The lowest BCUT2D eigenvalue weighted by Gasteiger charge is -2.17. The lowest BCUT2D eigenvalue weighted by atomic mass is 10.1. The minimum atomic E-state index is -0.404. The first-order valence-corrected chi connectivity index (χ1v) is 9.29. The quantitative estimate of drug-likeness (QED) is 0.508. The molecule has 5 heteroatoms. The van der Waals surface area contributed by atoms with Crippen molar-refractivity contribution in [1.29, 1.82) is 0 Å². The summed E-state index contributed by atoms with van der Waals surface area (Å²) in [6, 6.07) is 24.5. The van der Waals surface area contributed by atoms with Crippen molar-refractivity contribution in [3.8, 4) is 0 Å². The summed E-state index contributed by atoms with van der Waals surface area (Å²) in [5, 5.41) is 3.46. The molecule has 1 N–H and O–H groups in total. The van der Waals surface area contributed by atoms with Crippen molar-refractivity contribution in [3.63, 3.8) is 0 Å². The van der Waals surface area contributed by atoms with Gasteiger partial charge in [-0.2, -0.15) is 0 Å². The number of rotatable bonds is 5. The van der Waals surface area contributed by atoms with Crippen LogP contribution in [0.1, 0.15) is 10.8 Å². The van der Waals surface area contributed by atoms with E-state index in [2.05, 4.69) is 5.32 Å². The van der Waals surface area contributed by atoms with E-state index in [-0.39, 0.29) is 5.91 Å². The summed E-state index contributed by atoms with van der Waals surface area (Å²) >= 11 is 13.7. The molecule has 0 aliphatic rings. The zero-order valence-electron chi connectivity index (χ0n) is 13.2. The van der Waals surface area contributed by atoms with Crippen molar-refractivity contribution in [2.75, 3.05) is 5.32 Å². The van der Waals surface area contributed by atoms with Gasteiger partial charge in [0.15, 0.2) is 0 Å². The van der Waals surface area contributed by atoms with E-state index in [4.69, 9.17) is 23.2 Å². The van der Waals surface area contributed by atoms with Crippen LogP contribution in [-0.4, -0.2) is 5.91 Å². The summed E-state index contributed by atoms with van der Waals surface area (Å²) < 4.78 is 0. The van der Waals surface area contributed by atoms with Crippen molar-refractivity contribution < 1.29 is 4.79 Å². The van der Waals surface area contributed by atoms with Crippen molar-refractivity contribution in [1.82, 2.24) is 0 Å². The number of carbonyl (C=O) groups is 1. The van der Waals surface area contributed by atoms with Crippen molar-refractivity contribution >= 4 is 46.6 Å². The maximum Gasteiger partial charge on any atom is 0.242 e. The topological polar surface area (TPSA) is 29.1 Å². The number of hydrogen-bond donors (Lipinski definition) is 1. The van der Waals surface area contributed by atoms with Gasteiger partial charge in [0, 0.05) is 9.92 Å². The molecular formula is C20H15Cl2NOS. The summed E-state index contributed by atoms with van der Waals surface area (Å²) in [6.07, 6.45) is 0. The highest BCUT2D eigenvalue weighted by atomic mass is 35.5. The number of hydrogen-bond acceptors (Lipinski definition) is 2. The minimum Gasteiger partial charge on any atom is -0.323 e. The van der Waals surface area contributed by atoms with Gasteiger partial charge in [-0.3, -0.25) is 4.79 Å². The van der Waals surface area contributed by atoms with Crippen molar-refractivity contribution in [2.24, 2.45) is 0 Å². The van der Waals surface area contributed by atoms with E-state index in [0.717, 1.165) is 10.5 Å². The minimum absolute atomic E-state index is 0.149. The molecule has 126 valence electrons. The third kappa shape index (κ3) is 4.79. The number of carbonyl (C=O) groups excluding carboxylic acids is 1. The molecule has 1 amide bonds. The molecule has 0 fully saturated rings. The van der Waals surface area contributed by atoms with E-state index in [0.29, 0.717) is 15.7 Å². The fourth-order valence-corrected chi connectivity index (χ4v) is 3.71. The third-order valence-electron chi connectivity index (χ3n) is 3.52. The molecule has 0 heterocycles. The average Bonchev–Trinajstić information content (AvgIpc) is 2.64. The normalized spacial score (nSPS) is 11.8. The molecule has 3 rings (SSSR count). The lowest BCUT2D eigenvalue weighted by Crippen LogP contribution is -2.19. The fraction of sp³-hybridized carbons (Fsp3) is 0.0500. The zero-order valence-corrected chi connectivity index (χ0v) is 15.5. The van der Waals surface area contributed by atoms with Crippen molar-refractivity contribution in [2.45, 2.75) is 10.1 Å². The number of amides is 1. The maximum atomic E-state index is 12.9. The van der Waals surface area contributed by atoms with Crippen LogP contribution in [0.5, 0.6) is 0 Å². The van der Waals surface area contributed by atoms with Gasteiger partial charge in [-0.05, 0) is 35.9 Å². The Kier molecular flexibility index (Phi) is 6.03. The Bertz CT molecular complexity index is 856. The van der Waals surface area contributed by atoms with E-state index in [9.17, 15) is 4.79 Å². The second-order valence-corrected chi connectivity index (χ2v) is 7.36. The molecule has 3 aromatic rings. The molecule has 3 aromatic carbocycles. The molecule has 0 aliphatic carbocycles. The molecule has 2 nitrogen and oxygen atoms in total. The Morgan fingerprint density at radius 1 is 0.880 bits per heavy atom. The molecule has 0 bridgehead atoms. The van der Waals surface area contributed by atoms with Gasteiger partial charge in [0.1, 0.15) is 5.25 Å². The molecule has 0 aliphatic heterocycles. The Balaban J connectivity index is 1.88. The van der Waals surface area contributed by atoms with E-state index >= 15 is 0 Å².